The van der Waals surface area contributed by atoms with Gasteiger partial charge in [0.2, 0.25) is 0 Å². The molecule has 0 saturated carbocycles. The van der Waals surface area contributed by atoms with Crippen molar-refractivity contribution < 1.29 is 24.2 Å². The molecule has 5 heteroatoms. The van der Waals surface area contributed by atoms with E-state index in [1.165, 1.54) is 154 Å². The molecule has 0 fully saturated rings. The quantitative estimate of drug-likeness (QED) is 0.0375. The summed E-state index contributed by atoms with van der Waals surface area (Å²) in [6, 6.07) is 0. The highest BCUT2D eigenvalue weighted by Gasteiger charge is 2.16. The molecule has 0 aliphatic carbocycles. The van der Waals surface area contributed by atoms with E-state index in [4.69, 9.17) is 9.47 Å². The number of aliphatic hydroxyl groups excluding tert-OH is 1. The van der Waals surface area contributed by atoms with Crippen molar-refractivity contribution in [3.8, 4) is 0 Å². The summed E-state index contributed by atoms with van der Waals surface area (Å²) < 4.78 is 10.7. The number of esters is 2. The van der Waals surface area contributed by atoms with E-state index in [1.54, 1.807) is 0 Å². The van der Waals surface area contributed by atoms with Gasteiger partial charge in [-0.1, -0.05) is 234 Å². The van der Waals surface area contributed by atoms with Gasteiger partial charge in [0.1, 0.15) is 6.61 Å². The molecule has 0 rings (SSSR count). The van der Waals surface area contributed by atoms with Crippen molar-refractivity contribution in [1.82, 2.24) is 0 Å². The smallest absolute Gasteiger partial charge is 0.306 e. The van der Waals surface area contributed by atoms with Crippen molar-refractivity contribution in [2.24, 2.45) is 0 Å². The zero-order chi connectivity index (χ0) is 44.9. The fourth-order valence-electron chi connectivity index (χ4n) is 7.52. The molecule has 0 aliphatic rings. The number of unbranched alkanes of at least 4 members (excludes halogenated alkanes) is 28. The van der Waals surface area contributed by atoms with Crippen LogP contribution in [-0.4, -0.2) is 36.4 Å². The van der Waals surface area contributed by atoms with E-state index < -0.39 is 6.10 Å². The summed E-state index contributed by atoms with van der Waals surface area (Å²) >= 11 is 0. The first-order chi connectivity index (χ1) is 30.6. The number of hydrogen-bond acceptors (Lipinski definition) is 5. The summed E-state index contributed by atoms with van der Waals surface area (Å²) in [5.41, 5.74) is 0. The molecular weight excluding hydrogens is 765 g/mol. The largest absolute Gasteiger partial charge is 0.462 e. The van der Waals surface area contributed by atoms with Crippen molar-refractivity contribution in [3.63, 3.8) is 0 Å². The van der Waals surface area contributed by atoms with E-state index in [1.807, 2.05) is 0 Å². The molecule has 1 atom stereocenters. The summed E-state index contributed by atoms with van der Waals surface area (Å²) in [5, 5.41) is 9.64. The van der Waals surface area contributed by atoms with Crippen molar-refractivity contribution in [1.29, 1.82) is 0 Å². The second kappa shape index (κ2) is 52.7. The molecule has 5 nitrogen and oxygen atoms in total. The van der Waals surface area contributed by atoms with E-state index in [2.05, 4.69) is 86.8 Å². The summed E-state index contributed by atoms with van der Waals surface area (Å²) in [5.74, 6) is -0.599. The van der Waals surface area contributed by atoms with Gasteiger partial charge >= 0.3 is 11.9 Å². The van der Waals surface area contributed by atoms with Gasteiger partial charge in [-0.15, -0.1) is 0 Å². The Labute approximate surface area is 384 Å². The number of allylic oxidation sites excluding steroid dienone is 12. The van der Waals surface area contributed by atoms with E-state index in [0.717, 1.165) is 77.0 Å². The van der Waals surface area contributed by atoms with Crippen LogP contribution in [0.5, 0.6) is 0 Å². The molecule has 0 aromatic carbocycles. The summed E-state index contributed by atoms with van der Waals surface area (Å²) in [4.78, 5) is 24.5. The predicted octanol–water partition coefficient (Wildman–Crippen LogP) is 17.6. The lowest BCUT2D eigenvalue weighted by Gasteiger charge is -2.15. The molecule has 0 amide bonds. The molecule has 358 valence electrons. The number of ether oxygens (including phenoxy) is 2. The Morgan fingerprint density at radius 1 is 0.387 bits per heavy atom. The van der Waals surface area contributed by atoms with Gasteiger partial charge in [-0.2, -0.15) is 0 Å². The monoisotopic (exact) mass is 865 g/mol. The lowest BCUT2D eigenvalue weighted by molar-refractivity contribution is -0.161. The number of hydrogen-bond donors (Lipinski definition) is 1. The molecule has 0 heterocycles. The molecule has 0 bridgehead atoms. The van der Waals surface area contributed by atoms with E-state index in [9.17, 15) is 14.7 Å². The number of carbonyl (C=O) groups is 2. The summed E-state index contributed by atoms with van der Waals surface area (Å²) in [6.07, 6.45) is 71.4. The first-order valence-electron chi connectivity index (χ1n) is 26.5. The highest BCUT2D eigenvalue weighted by molar-refractivity contribution is 5.70. The predicted molar refractivity (Wildman–Crippen MR) is 270 cm³/mol. The molecule has 1 unspecified atom stereocenters. The molecular formula is C57H100O5. The van der Waals surface area contributed by atoms with E-state index in [-0.39, 0.29) is 25.2 Å². The number of aliphatic hydroxyl groups is 1. The van der Waals surface area contributed by atoms with Crippen molar-refractivity contribution in [2.75, 3.05) is 13.2 Å². The van der Waals surface area contributed by atoms with Gasteiger partial charge in [0.25, 0.3) is 0 Å². The lowest BCUT2D eigenvalue weighted by Crippen LogP contribution is -2.28. The van der Waals surface area contributed by atoms with Crippen LogP contribution in [0.15, 0.2) is 72.9 Å². The van der Waals surface area contributed by atoms with Gasteiger partial charge in [0, 0.05) is 12.8 Å². The maximum absolute atomic E-state index is 12.3. The number of carbonyl (C=O) groups excluding carboxylic acids is 2. The van der Waals surface area contributed by atoms with Gasteiger partial charge in [-0.3, -0.25) is 9.59 Å². The average molecular weight is 865 g/mol. The van der Waals surface area contributed by atoms with Crippen LogP contribution in [0.1, 0.15) is 258 Å². The fourth-order valence-corrected chi connectivity index (χ4v) is 7.52. The first kappa shape index (κ1) is 59.3. The van der Waals surface area contributed by atoms with Crippen LogP contribution in [0.2, 0.25) is 0 Å². The van der Waals surface area contributed by atoms with Crippen LogP contribution < -0.4 is 0 Å². The van der Waals surface area contributed by atoms with E-state index >= 15 is 0 Å². The van der Waals surface area contributed by atoms with Crippen LogP contribution in [-0.2, 0) is 19.1 Å². The number of rotatable bonds is 48. The first-order valence-corrected chi connectivity index (χ1v) is 26.5. The van der Waals surface area contributed by atoms with Crippen molar-refractivity contribution >= 4 is 11.9 Å². The molecule has 0 aliphatic heterocycles. The van der Waals surface area contributed by atoms with Crippen LogP contribution in [0.25, 0.3) is 0 Å². The van der Waals surface area contributed by atoms with Gasteiger partial charge in [-0.05, 0) is 83.5 Å². The minimum atomic E-state index is -0.782. The third-order valence-electron chi connectivity index (χ3n) is 11.5. The topological polar surface area (TPSA) is 72.8 Å². The molecule has 0 saturated heterocycles. The Morgan fingerprint density at radius 3 is 1.06 bits per heavy atom. The molecule has 0 aromatic rings. The molecule has 1 N–H and O–H groups in total. The average Bonchev–Trinajstić information content (AvgIpc) is 3.28. The summed E-state index contributed by atoms with van der Waals surface area (Å²) in [6.45, 7) is 4.04. The molecule has 62 heavy (non-hydrogen) atoms. The SMILES string of the molecule is CC/C=C\C/C=C\C/C=C\C/C=C\C/C=C\CCCCCCCCCC(=O)OC(CO)COC(=O)CCCCCCCCCCCCCCC/C=C\CCCCCCCCCC. The minimum absolute atomic E-state index is 0.0719. The second-order valence-electron chi connectivity index (χ2n) is 17.6. The zero-order valence-corrected chi connectivity index (χ0v) is 40.9. The van der Waals surface area contributed by atoms with Crippen molar-refractivity contribution in [2.45, 2.75) is 264 Å². The summed E-state index contributed by atoms with van der Waals surface area (Å²) in [7, 11) is 0. The lowest BCUT2D eigenvalue weighted by atomic mass is 10.0. The minimum Gasteiger partial charge on any atom is -0.462 e. The van der Waals surface area contributed by atoms with E-state index in [0.29, 0.717) is 12.8 Å². The fraction of sp³-hybridized carbons (Fsp3) is 0.754. The van der Waals surface area contributed by atoms with Crippen LogP contribution in [0, 0.1) is 0 Å². The highest BCUT2D eigenvalue weighted by atomic mass is 16.6. The Kier molecular flexibility index (Phi) is 50.4. The third kappa shape index (κ3) is 50.0. The van der Waals surface area contributed by atoms with Crippen LogP contribution in [0.4, 0.5) is 0 Å². The van der Waals surface area contributed by atoms with Gasteiger partial charge in [0.15, 0.2) is 6.10 Å². The zero-order valence-electron chi connectivity index (χ0n) is 40.9. The second-order valence-corrected chi connectivity index (χ2v) is 17.6. The third-order valence-corrected chi connectivity index (χ3v) is 11.5. The van der Waals surface area contributed by atoms with Crippen LogP contribution in [0.3, 0.4) is 0 Å². The Morgan fingerprint density at radius 2 is 0.694 bits per heavy atom. The molecule has 0 spiro atoms. The van der Waals surface area contributed by atoms with Gasteiger partial charge in [-0.25, -0.2) is 0 Å². The molecule has 0 aromatic heterocycles. The standard InChI is InChI=1S/C57H100O5/c1-3-5-7-9-11-13-15-17-19-21-23-25-27-28-30-31-33-35-37-39-41-43-45-47-49-51-56(59)61-54-55(53-58)62-57(60)52-50-48-46-44-42-40-38-36-34-32-29-26-24-22-20-18-16-14-12-10-8-6-4-2/h6,8,12,14,18,20-21,23-24,26,32,34,55,58H,3-5,7,9-11,13,15-17,19,22,25,27-31,33,35-54H2,1-2H3/b8-6-,14-12-,20-18-,23-21-,26-24-,34-32-. The van der Waals surface area contributed by atoms with Crippen molar-refractivity contribution in [3.05, 3.63) is 72.9 Å². The van der Waals surface area contributed by atoms with Gasteiger partial charge in [0.05, 0.1) is 6.61 Å². The Balaban J connectivity index is 3.52. The van der Waals surface area contributed by atoms with Gasteiger partial charge < -0.3 is 14.6 Å². The normalized spacial score (nSPS) is 12.8. The maximum Gasteiger partial charge on any atom is 0.306 e. The Bertz CT molecular complexity index is 1110. The maximum atomic E-state index is 12.3. The highest BCUT2D eigenvalue weighted by Crippen LogP contribution is 2.15. The molecule has 0 radical (unpaired) electrons. The van der Waals surface area contributed by atoms with Crippen LogP contribution >= 0.6 is 0 Å². The Hall–Kier alpha value is -2.66.